The van der Waals surface area contributed by atoms with Gasteiger partial charge < -0.3 is 14.6 Å². The summed E-state index contributed by atoms with van der Waals surface area (Å²) in [5.41, 5.74) is 0. The van der Waals surface area contributed by atoms with Crippen LogP contribution in [0.3, 0.4) is 0 Å². The van der Waals surface area contributed by atoms with Crippen molar-refractivity contribution in [1.29, 1.82) is 0 Å². The highest BCUT2D eigenvalue weighted by Crippen LogP contribution is 2.29. The third kappa shape index (κ3) is 2.95. The number of aliphatic carboxylic acids is 1. The molecule has 0 radical (unpaired) electrons. The average Bonchev–Trinajstić information content (AvgIpc) is 2.76. The summed E-state index contributed by atoms with van der Waals surface area (Å²) in [7, 11) is 0. The first-order valence-corrected chi connectivity index (χ1v) is 6.23. The van der Waals surface area contributed by atoms with E-state index in [-0.39, 0.29) is 18.1 Å². The van der Waals surface area contributed by atoms with E-state index in [1.807, 2.05) is 0 Å². The lowest BCUT2D eigenvalue weighted by atomic mass is 10.1. The van der Waals surface area contributed by atoms with E-state index in [0.29, 0.717) is 6.61 Å². The van der Waals surface area contributed by atoms with Crippen molar-refractivity contribution in [1.82, 2.24) is 0 Å². The van der Waals surface area contributed by atoms with E-state index >= 15 is 0 Å². The molecule has 2 rings (SSSR count). The molecule has 4 heteroatoms. The van der Waals surface area contributed by atoms with Crippen molar-refractivity contribution in [2.24, 2.45) is 5.92 Å². The maximum atomic E-state index is 11.0. The molecule has 0 aromatic carbocycles. The Balaban J connectivity index is 1.73. The topological polar surface area (TPSA) is 55.8 Å². The Labute approximate surface area is 95.9 Å². The maximum Gasteiger partial charge on any atom is 0.309 e. The van der Waals surface area contributed by atoms with Crippen molar-refractivity contribution in [3.63, 3.8) is 0 Å². The lowest BCUT2D eigenvalue weighted by Crippen LogP contribution is -2.31. The van der Waals surface area contributed by atoms with Gasteiger partial charge in [-0.2, -0.15) is 0 Å². The molecule has 3 unspecified atom stereocenters. The summed E-state index contributed by atoms with van der Waals surface area (Å²) in [5, 5.41) is 9.01. The highest BCUT2D eigenvalue weighted by molar-refractivity contribution is 5.71. The van der Waals surface area contributed by atoms with E-state index in [0.717, 1.165) is 38.7 Å². The second-order valence-electron chi connectivity index (χ2n) is 4.74. The van der Waals surface area contributed by atoms with Crippen LogP contribution in [0.2, 0.25) is 0 Å². The van der Waals surface area contributed by atoms with Crippen molar-refractivity contribution in [3.05, 3.63) is 0 Å². The van der Waals surface area contributed by atoms with Gasteiger partial charge in [-0.05, 0) is 38.5 Å². The van der Waals surface area contributed by atoms with Crippen molar-refractivity contribution in [3.8, 4) is 0 Å². The molecule has 1 heterocycles. The summed E-state index contributed by atoms with van der Waals surface area (Å²) in [6.07, 6.45) is 6.07. The zero-order valence-electron chi connectivity index (χ0n) is 9.56. The molecule has 2 fully saturated rings. The van der Waals surface area contributed by atoms with Crippen LogP contribution in [-0.2, 0) is 14.3 Å². The van der Waals surface area contributed by atoms with Gasteiger partial charge in [0.25, 0.3) is 0 Å². The van der Waals surface area contributed by atoms with Gasteiger partial charge in [-0.1, -0.05) is 0 Å². The largest absolute Gasteiger partial charge is 0.481 e. The Bertz CT molecular complexity index is 235. The van der Waals surface area contributed by atoms with Crippen molar-refractivity contribution in [2.75, 3.05) is 13.2 Å². The molecule has 0 bridgehead atoms. The van der Waals surface area contributed by atoms with E-state index in [1.54, 1.807) is 0 Å². The molecule has 1 saturated heterocycles. The van der Waals surface area contributed by atoms with Gasteiger partial charge in [-0.3, -0.25) is 4.79 Å². The SMILES string of the molecule is O=C(O)C1CCCC1OCC1CCCCO1. The van der Waals surface area contributed by atoms with Gasteiger partial charge in [0.2, 0.25) is 0 Å². The van der Waals surface area contributed by atoms with E-state index < -0.39 is 5.97 Å². The number of hydrogen-bond donors (Lipinski definition) is 1. The number of hydrogen-bond acceptors (Lipinski definition) is 3. The Morgan fingerprint density at radius 2 is 2.12 bits per heavy atom. The molecule has 2 aliphatic rings. The minimum absolute atomic E-state index is 0.0944. The van der Waals surface area contributed by atoms with Gasteiger partial charge in [-0.15, -0.1) is 0 Å². The Hall–Kier alpha value is -0.610. The molecule has 1 saturated carbocycles. The van der Waals surface area contributed by atoms with Crippen LogP contribution >= 0.6 is 0 Å². The third-order valence-electron chi connectivity index (χ3n) is 3.54. The lowest BCUT2D eigenvalue weighted by Gasteiger charge is -2.25. The number of carboxylic acid groups (broad SMARTS) is 1. The van der Waals surface area contributed by atoms with E-state index in [4.69, 9.17) is 14.6 Å². The van der Waals surface area contributed by atoms with Crippen molar-refractivity contribution in [2.45, 2.75) is 50.7 Å². The summed E-state index contributed by atoms with van der Waals surface area (Å²) < 4.78 is 11.3. The molecular weight excluding hydrogens is 208 g/mol. The van der Waals surface area contributed by atoms with Gasteiger partial charge in [-0.25, -0.2) is 0 Å². The zero-order valence-corrected chi connectivity index (χ0v) is 9.56. The van der Waals surface area contributed by atoms with Crippen molar-refractivity contribution >= 4 is 5.97 Å². The fourth-order valence-corrected chi connectivity index (χ4v) is 2.58. The zero-order chi connectivity index (χ0) is 11.4. The quantitative estimate of drug-likeness (QED) is 0.797. The average molecular weight is 228 g/mol. The number of carboxylic acids is 1. The van der Waals surface area contributed by atoms with E-state index in [1.165, 1.54) is 6.42 Å². The first kappa shape index (κ1) is 11.9. The van der Waals surface area contributed by atoms with Crippen LogP contribution in [0.25, 0.3) is 0 Å². The summed E-state index contributed by atoms with van der Waals surface area (Å²) in [6, 6.07) is 0. The Kier molecular flexibility index (Phi) is 4.18. The minimum Gasteiger partial charge on any atom is -0.481 e. The Morgan fingerprint density at radius 1 is 1.25 bits per heavy atom. The minimum atomic E-state index is -0.716. The summed E-state index contributed by atoms with van der Waals surface area (Å²) in [4.78, 5) is 11.0. The normalized spacial score (nSPS) is 35.1. The second kappa shape index (κ2) is 5.64. The van der Waals surface area contributed by atoms with Crippen LogP contribution in [0.15, 0.2) is 0 Å². The van der Waals surface area contributed by atoms with Crippen molar-refractivity contribution < 1.29 is 19.4 Å². The Morgan fingerprint density at radius 3 is 2.81 bits per heavy atom. The number of rotatable bonds is 4. The molecule has 4 nitrogen and oxygen atoms in total. The molecular formula is C12H20O4. The van der Waals surface area contributed by atoms with Crippen LogP contribution < -0.4 is 0 Å². The van der Waals surface area contributed by atoms with Crippen LogP contribution in [0.4, 0.5) is 0 Å². The summed E-state index contributed by atoms with van der Waals surface area (Å²) in [5.74, 6) is -1.02. The predicted molar refractivity (Wildman–Crippen MR) is 58.3 cm³/mol. The molecule has 1 N–H and O–H groups in total. The number of ether oxygens (including phenoxy) is 2. The summed E-state index contributed by atoms with van der Waals surface area (Å²) in [6.45, 7) is 1.38. The molecule has 0 spiro atoms. The highest BCUT2D eigenvalue weighted by Gasteiger charge is 2.34. The van der Waals surface area contributed by atoms with Gasteiger partial charge in [0.1, 0.15) is 0 Å². The summed E-state index contributed by atoms with van der Waals surface area (Å²) >= 11 is 0. The standard InChI is InChI=1S/C12H20O4/c13-12(14)10-5-3-6-11(10)16-8-9-4-1-2-7-15-9/h9-11H,1-8H2,(H,13,14). The van der Waals surface area contributed by atoms with Gasteiger partial charge in [0.15, 0.2) is 0 Å². The van der Waals surface area contributed by atoms with Gasteiger partial charge in [0, 0.05) is 6.61 Å². The highest BCUT2D eigenvalue weighted by atomic mass is 16.5. The smallest absolute Gasteiger partial charge is 0.309 e. The van der Waals surface area contributed by atoms with Crippen LogP contribution in [0.5, 0.6) is 0 Å². The second-order valence-corrected chi connectivity index (χ2v) is 4.74. The first-order chi connectivity index (χ1) is 7.77. The lowest BCUT2D eigenvalue weighted by molar-refractivity contribution is -0.147. The predicted octanol–water partition coefficient (Wildman–Crippen LogP) is 1.83. The molecule has 0 amide bonds. The molecule has 1 aliphatic heterocycles. The molecule has 0 aromatic rings. The number of carbonyl (C=O) groups is 1. The van der Waals surface area contributed by atoms with Crippen LogP contribution in [0.1, 0.15) is 38.5 Å². The van der Waals surface area contributed by atoms with E-state index in [9.17, 15) is 4.79 Å². The van der Waals surface area contributed by atoms with Gasteiger partial charge in [0.05, 0.1) is 24.7 Å². The first-order valence-electron chi connectivity index (χ1n) is 6.23. The fourth-order valence-electron chi connectivity index (χ4n) is 2.58. The molecule has 92 valence electrons. The van der Waals surface area contributed by atoms with Crippen LogP contribution in [-0.4, -0.2) is 36.5 Å². The molecule has 0 aromatic heterocycles. The maximum absolute atomic E-state index is 11.0. The van der Waals surface area contributed by atoms with Crippen LogP contribution in [0, 0.1) is 5.92 Å². The molecule has 1 aliphatic carbocycles. The molecule has 16 heavy (non-hydrogen) atoms. The fraction of sp³-hybridized carbons (Fsp3) is 0.917. The third-order valence-corrected chi connectivity index (χ3v) is 3.54. The monoisotopic (exact) mass is 228 g/mol. The van der Waals surface area contributed by atoms with E-state index in [2.05, 4.69) is 0 Å². The van der Waals surface area contributed by atoms with Gasteiger partial charge >= 0.3 is 5.97 Å². The molecule has 3 atom stereocenters.